The van der Waals surface area contributed by atoms with Gasteiger partial charge in [0.05, 0.1) is 17.6 Å². The number of pyridine rings is 1. The van der Waals surface area contributed by atoms with Crippen LogP contribution >= 0.6 is 0 Å². The highest BCUT2D eigenvalue weighted by Crippen LogP contribution is 2.34. The van der Waals surface area contributed by atoms with E-state index in [0.717, 1.165) is 31.7 Å². The van der Waals surface area contributed by atoms with E-state index in [1.807, 2.05) is 31.7 Å². The molecule has 0 aliphatic carbocycles. The maximum Gasteiger partial charge on any atom is 0.410 e. The number of anilines is 1. The third-order valence-electron chi connectivity index (χ3n) is 5.43. The number of nitriles is 1. The lowest BCUT2D eigenvalue weighted by Crippen LogP contribution is -2.41. The minimum atomic E-state index is -0.551. The molecule has 3 heterocycles. The zero-order valence-corrected chi connectivity index (χ0v) is 17.6. The highest BCUT2D eigenvalue weighted by Gasteiger charge is 2.44. The van der Waals surface area contributed by atoms with Crippen LogP contribution in [0.25, 0.3) is 0 Å². The zero-order valence-electron chi connectivity index (χ0n) is 17.6. The van der Waals surface area contributed by atoms with Crippen molar-refractivity contribution in [1.82, 2.24) is 14.8 Å². The predicted molar refractivity (Wildman–Crippen MR) is 108 cm³/mol. The van der Waals surface area contributed by atoms with Crippen LogP contribution in [-0.2, 0) is 9.53 Å². The normalized spacial score (nSPS) is 20.9. The Bertz CT molecular complexity index is 796. The van der Waals surface area contributed by atoms with Crippen LogP contribution in [0.5, 0.6) is 0 Å². The van der Waals surface area contributed by atoms with Gasteiger partial charge in [-0.3, -0.25) is 4.79 Å². The highest BCUT2D eigenvalue weighted by atomic mass is 16.6. The summed E-state index contributed by atoms with van der Waals surface area (Å²) in [5.74, 6) is 0.929. The number of likely N-dealkylation sites (tertiary alicyclic amines) is 1. The Morgan fingerprint density at radius 1 is 1.28 bits per heavy atom. The first-order valence-corrected chi connectivity index (χ1v) is 10.1. The zero-order chi connectivity index (χ0) is 21.2. The maximum absolute atomic E-state index is 12.8. The Kier molecular flexibility index (Phi) is 5.96. The maximum atomic E-state index is 12.8. The number of carbonyl (C=O) groups is 2. The molecule has 0 radical (unpaired) electrons. The van der Waals surface area contributed by atoms with Gasteiger partial charge in [-0.2, -0.15) is 5.26 Å². The molecule has 156 valence electrons. The van der Waals surface area contributed by atoms with Gasteiger partial charge in [-0.15, -0.1) is 0 Å². The molecular formula is C21H29N5O3. The van der Waals surface area contributed by atoms with E-state index in [-0.39, 0.29) is 24.4 Å². The fourth-order valence-electron chi connectivity index (χ4n) is 4.04. The van der Waals surface area contributed by atoms with Gasteiger partial charge in [0.1, 0.15) is 17.5 Å². The second kappa shape index (κ2) is 8.27. The summed E-state index contributed by atoms with van der Waals surface area (Å²) in [6.45, 7) is 7.37. The first-order valence-electron chi connectivity index (χ1n) is 10.1. The minimum absolute atomic E-state index is 0.0718. The van der Waals surface area contributed by atoms with E-state index < -0.39 is 11.7 Å². The fourth-order valence-corrected chi connectivity index (χ4v) is 4.04. The van der Waals surface area contributed by atoms with E-state index in [1.54, 1.807) is 19.3 Å². The van der Waals surface area contributed by atoms with Crippen molar-refractivity contribution in [3.05, 3.63) is 23.9 Å². The lowest BCUT2D eigenvalue weighted by Gasteiger charge is -2.27. The molecule has 0 aromatic carbocycles. The monoisotopic (exact) mass is 399 g/mol. The van der Waals surface area contributed by atoms with E-state index >= 15 is 0 Å². The van der Waals surface area contributed by atoms with E-state index in [1.165, 1.54) is 4.90 Å². The van der Waals surface area contributed by atoms with Crippen molar-refractivity contribution in [2.45, 2.75) is 57.7 Å². The fraction of sp³-hybridized carbons (Fsp3) is 0.619. The van der Waals surface area contributed by atoms with Crippen molar-refractivity contribution < 1.29 is 14.3 Å². The summed E-state index contributed by atoms with van der Waals surface area (Å²) in [5.41, 5.74) is -0.00792. The summed E-state index contributed by atoms with van der Waals surface area (Å²) < 4.78 is 5.33. The molecular weight excluding hydrogens is 370 g/mol. The summed E-state index contributed by atoms with van der Waals surface area (Å²) in [7, 11) is 1.65. The summed E-state index contributed by atoms with van der Waals surface area (Å²) in [6, 6.07) is 6.17. The predicted octanol–water partition coefficient (Wildman–Crippen LogP) is 2.39. The molecule has 3 rings (SSSR count). The first kappa shape index (κ1) is 20.9. The number of hydrogen-bond acceptors (Lipinski definition) is 6. The average molecular weight is 399 g/mol. The topological polar surface area (TPSA) is 89.8 Å². The van der Waals surface area contributed by atoms with Gasteiger partial charge in [-0.05, 0) is 45.7 Å². The van der Waals surface area contributed by atoms with E-state index in [4.69, 9.17) is 10.00 Å². The van der Waals surface area contributed by atoms with E-state index in [9.17, 15) is 9.59 Å². The SMILES string of the molecule is CN(CCC(=O)N1CCC2C1CCN2c1ccc(C#N)cn1)C(=O)OC(C)(C)C. The largest absolute Gasteiger partial charge is 0.444 e. The Morgan fingerprint density at radius 2 is 2.00 bits per heavy atom. The quantitative estimate of drug-likeness (QED) is 0.772. The molecule has 1 aromatic rings. The van der Waals surface area contributed by atoms with Crippen LogP contribution in [0.4, 0.5) is 10.6 Å². The van der Waals surface area contributed by atoms with Crippen LogP contribution in [0, 0.1) is 11.3 Å². The molecule has 8 nitrogen and oxygen atoms in total. The number of hydrogen-bond donors (Lipinski definition) is 0. The Morgan fingerprint density at radius 3 is 2.62 bits per heavy atom. The highest BCUT2D eigenvalue weighted by molar-refractivity contribution is 5.78. The molecule has 2 aliphatic rings. The van der Waals surface area contributed by atoms with Crippen molar-refractivity contribution in [3.63, 3.8) is 0 Å². The minimum Gasteiger partial charge on any atom is -0.444 e. The molecule has 0 spiro atoms. The molecule has 0 bridgehead atoms. The number of fused-ring (bicyclic) bond motifs is 1. The lowest BCUT2D eigenvalue weighted by molar-refractivity contribution is -0.132. The second-order valence-corrected chi connectivity index (χ2v) is 8.66. The van der Waals surface area contributed by atoms with Crippen LogP contribution < -0.4 is 4.90 Å². The summed E-state index contributed by atoms with van der Waals surface area (Å²) in [5, 5.41) is 8.94. The Balaban J connectivity index is 1.55. The summed E-state index contributed by atoms with van der Waals surface area (Å²) in [4.78, 5) is 34.9. The standard InChI is InChI=1S/C21H29N5O3/c1-21(2,3)29-20(28)24(4)10-9-19(27)26-12-8-16-17(26)7-11-25(16)18-6-5-15(13-22)14-23-18/h5-6,14,16-17H,7-12H2,1-4H3. The van der Waals surface area contributed by atoms with Gasteiger partial charge in [0, 0.05) is 39.3 Å². The van der Waals surface area contributed by atoms with Gasteiger partial charge in [0.2, 0.25) is 5.91 Å². The molecule has 2 amide bonds. The molecule has 0 N–H and O–H groups in total. The van der Waals surface area contributed by atoms with Crippen LogP contribution in [0.15, 0.2) is 18.3 Å². The molecule has 2 aliphatic heterocycles. The molecule has 0 saturated carbocycles. The summed E-state index contributed by atoms with van der Waals surface area (Å²) in [6.07, 6.45) is 3.27. The average Bonchev–Trinajstić information content (AvgIpc) is 3.26. The van der Waals surface area contributed by atoms with Crippen LogP contribution in [0.3, 0.4) is 0 Å². The van der Waals surface area contributed by atoms with Gasteiger partial charge in [0.15, 0.2) is 0 Å². The van der Waals surface area contributed by atoms with E-state index in [2.05, 4.69) is 16.0 Å². The Labute approximate surface area is 172 Å². The molecule has 2 atom stereocenters. The number of ether oxygens (including phenoxy) is 1. The van der Waals surface area contributed by atoms with Gasteiger partial charge in [0.25, 0.3) is 0 Å². The lowest BCUT2D eigenvalue weighted by atomic mass is 10.1. The van der Waals surface area contributed by atoms with Gasteiger partial charge < -0.3 is 19.4 Å². The molecule has 1 aromatic heterocycles. The Hall–Kier alpha value is -2.82. The molecule has 2 fully saturated rings. The number of nitrogens with zero attached hydrogens (tertiary/aromatic N) is 5. The number of rotatable bonds is 4. The van der Waals surface area contributed by atoms with Gasteiger partial charge >= 0.3 is 6.09 Å². The molecule has 2 unspecified atom stereocenters. The molecule has 29 heavy (non-hydrogen) atoms. The van der Waals surface area contributed by atoms with Crippen molar-refractivity contribution in [3.8, 4) is 6.07 Å². The summed E-state index contributed by atoms with van der Waals surface area (Å²) >= 11 is 0. The van der Waals surface area contributed by atoms with Crippen molar-refractivity contribution in [2.24, 2.45) is 0 Å². The van der Waals surface area contributed by atoms with Crippen LogP contribution in [0.2, 0.25) is 0 Å². The number of aromatic nitrogens is 1. The second-order valence-electron chi connectivity index (χ2n) is 8.66. The molecule has 2 saturated heterocycles. The van der Waals surface area contributed by atoms with Crippen LogP contribution in [-0.4, -0.2) is 71.2 Å². The smallest absolute Gasteiger partial charge is 0.410 e. The van der Waals surface area contributed by atoms with Gasteiger partial charge in [-0.25, -0.2) is 9.78 Å². The van der Waals surface area contributed by atoms with Crippen LogP contribution in [0.1, 0.15) is 45.6 Å². The van der Waals surface area contributed by atoms with E-state index in [0.29, 0.717) is 12.1 Å². The molecule has 8 heteroatoms. The van der Waals surface area contributed by atoms with Crippen molar-refractivity contribution >= 4 is 17.8 Å². The van der Waals surface area contributed by atoms with Crippen molar-refractivity contribution in [2.75, 3.05) is 31.6 Å². The van der Waals surface area contributed by atoms with Gasteiger partial charge in [-0.1, -0.05) is 0 Å². The number of amides is 2. The number of carbonyl (C=O) groups excluding carboxylic acids is 2. The third-order valence-corrected chi connectivity index (χ3v) is 5.43. The third kappa shape index (κ3) is 4.78. The van der Waals surface area contributed by atoms with Crippen molar-refractivity contribution in [1.29, 1.82) is 5.26 Å². The first-order chi connectivity index (χ1) is 13.7.